The van der Waals surface area contributed by atoms with Gasteiger partial charge < -0.3 is 18.9 Å². The molecule has 8 nitrogen and oxygen atoms in total. The van der Waals surface area contributed by atoms with Gasteiger partial charge in [0.05, 0.1) is 32.1 Å². The summed E-state index contributed by atoms with van der Waals surface area (Å²) in [5, 5.41) is 10.8. The molecule has 0 bridgehead atoms. The van der Waals surface area contributed by atoms with Crippen molar-refractivity contribution in [2.24, 2.45) is 0 Å². The van der Waals surface area contributed by atoms with Gasteiger partial charge in [0.2, 0.25) is 11.8 Å². The molecule has 2 aromatic heterocycles. The lowest BCUT2D eigenvalue weighted by Crippen LogP contribution is -2.33. The summed E-state index contributed by atoms with van der Waals surface area (Å²) < 4.78 is 16.1. The Balaban J connectivity index is 1.60. The van der Waals surface area contributed by atoms with Crippen molar-refractivity contribution >= 4 is 11.6 Å². The van der Waals surface area contributed by atoms with Crippen molar-refractivity contribution in [1.29, 1.82) is 0 Å². The van der Waals surface area contributed by atoms with Gasteiger partial charge in [-0.25, -0.2) is 0 Å². The molecule has 0 fully saturated rings. The molecule has 0 aliphatic rings. The molecule has 0 unspecified atom stereocenters. The summed E-state index contributed by atoms with van der Waals surface area (Å²) >= 11 is 0. The number of anilines is 1. The van der Waals surface area contributed by atoms with Crippen LogP contribution in [-0.2, 0) is 11.3 Å². The lowest BCUT2D eigenvalue weighted by molar-refractivity contribution is -0.117. The van der Waals surface area contributed by atoms with E-state index in [1.165, 1.54) is 0 Å². The van der Waals surface area contributed by atoms with Crippen LogP contribution < -0.4 is 10.1 Å². The number of nitrogens with one attached hydrogen (secondary N) is 1. The first-order valence-corrected chi connectivity index (χ1v) is 8.21. The first-order valence-electron chi connectivity index (χ1n) is 8.21. The smallest absolute Gasteiger partial charge is 0.283 e. The zero-order chi connectivity index (χ0) is 18.4. The molecule has 26 heavy (non-hydrogen) atoms. The average molecular weight is 356 g/mol. The number of amides is 1. The van der Waals surface area contributed by atoms with Crippen LogP contribution in [0.1, 0.15) is 12.8 Å². The van der Waals surface area contributed by atoms with E-state index in [1.54, 1.807) is 37.6 Å². The average Bonchev–Trinajstić information content (AvgIpc) is 3.33. The van der Waals surface area contributed by atoms with Gasteiger partial charge in [-0.1, -0.05) is 19.1 Å². The van der Waals surface area contributed by atoms with Crippen molar-refractivity contribution in [2.45, 2.75) is 13.5 Å². The van der Waals surface area contributed by atoms with Crippen LogP contribution in [0.15, 0.2) is 51.5 Å². The van der Waals surface area contributed by atoms with Crippen molar-refractivity contribution in [3.63, 3.8) is 0 Å². The number of benzene rings is 1. The summed E-state index contributed by atoms with van der Waals surface area (Å²) in [4.78, 5) is 14.2. The number of ether oxygens (including phenoxy) is 1. The van der Waals surface area contributed by atoms with Gasteiger partial charge in [-0.15, -0.1) is 10.2 Å². The topological polar surface area (TPSA) is 93.6 Å². The summed E-state index contributed by atoms with van der Waals surface area (Å²) in [5.74, 6) is 1.72. The minimum absolute atomic E-state index is 0.151. The molecule has 3 rings (SSSR count). The predicted octanol–water partition coefficient (Wildman–Crippen LogP) is 2.80. The Morgan fingerprint density at radius 1 is 1.23 bits per heavy atom. The van der Waals surface area contributed by atoms with Crippen LogP contribution >= 0.6 is 0 Å². The minimum atomic E-state index is -0.151. The molecule has 0 spiro atoms. The molecule has 3 aromatic rings. The van der Waals surface area contributed by atoms with Crippen LogP contribution in [0, 0.1) is 0 Å². The Hall–Kier alpha value is -3.13. The first kappa shape index (κ1) is 17.7. The van der Waals surface area contributed by atoms with Crippen molar-refractivity contribution in [3.05, 3.63) is 48.6 Å². The number of hydrogen-bond acceptors (Lipinski definition) is 7. The van der Waals surface area contributed by atoms with Gasteiger partial charge in [0.15, 0.2) is 5.76 Å². The minimum Gasteiger partial charge on any atom is -0.495 e. The second-order valence-electron chi connectivity index (χ2n) is 5.53. The molecule has 2 heterocycles. The van der Waals surface area contributed by atoms with Crippen LogP contribution in [0.2, 0.25) is 0 Å². The van der Waals surface area contributed by atoms with E-state index in [0.29, 0.717) is 42.1 Å². The van der Waals surface area contributed by atoms with Gasteiger partial charge in [-0.2, -0.15) is 0 Å². The monoisotopic (exact) mass is 356 g/mol. The van der Waals surface area contributed by atoms with Gasteiger partial charge >= 0.3 is 0 Å². The number of carbonyl (C=O) groups excluding carboxylic acids is 1. The van der Waals surface area contributed by atoms with Crippen LogP contribution in [0.5, 0.6) is 5.75 Å². The van der Waals surface area contributed by atoms with E-state index in [9.17, 15) is 4.79 Å². The van der Waals surface area contributed by atoms with Crippen LogP contribution in [0.3, 0.4) is 0 Å². The number of furan rings is 1. The Labute approximate surface area is 150 Å². The number of likely N-dealkylation sites (N-methyl/N-ethyl adjacent to an activating group) is 1. The molecule has 0 aliphatic carbocycles. The standard InChI is InChI=1S/C18H20N4O4/c1-3-22(11-16(23)19-13-7-4-5-8-14(13)24-2)12-17-20-21-18(26-17)15-9-6-10-25-15/h4-10H,3,11-12H2,1-2H3,(H,19,23). The molecular formula is C18H20N4O4. The third kappa shape index (κ3) is 4.28. The fourth-order valence-electron chi connectivity index (χ4n) is 2.43. The molecule has 0 saturated carbocycles. The molecule has 0 saturated heterocycles. The molecule has 0 atom stereocenters. The van der Waals surface area contributed by atoms with Crippen molar-refractivity contribution < 1.29 is 18.4 Å². The summed E-state index contributed by atoms with van der Waals surface area (Å²) in [5.41, 5.74) is 0.633. The molecule has 0 aliphatic heterocycles. The third-order valence-corrected chi connectivity index (χ3v) is 3.75. The van der Waals surface area contributed by atoms with Crippen LogP contribution in [-0.4, -0.2) is 41.2 Å². The number of para-hydroxylation sites is 2. The second-order valence-corrected chi connectivity index (χ2v) is 5.53. The molecule has 0 radical (unpaired) electrons. The lowest BCUT2D eigenvalue weighted by Gasteiger charge is -2.18. The maximum Gasteiger partial charge on any atom is 0.283 e. The Morgan fingerprint density at radius 3 is 2.81 bits per heavy atom. The normalized spacial score (nSPS) is 10.9. The van der Waals surface area contributed by atoms with Crippen molar-refractivity contribution in [1.82, 2.24) is 15.1 Å². The second kappa shape index (κ2) is 8.30. The number of aromatic nitrogens is 2. The number of hydrogen-bond donors (Lipinski definition) is 1. The first-order chi connectivity index (χ1) is 12.7. The maximum atomic E-state index is 12.3. The highest BCUT2D eigenvalue weighted by atomic mass is 16.5. The van der Waals surface area contributed by atoms with Gasteiger partial charge in [0.1, 0.15) is 5.75 Å². The number of methoxy groups -OCH3 is 1. The van der Waals surface area contributed by atoms with Gasteiger partial charge in [-0.3, -0.25) is 9.69 Å². The molecular weight excluding hydrogens is 336 g/mol. The van der Waals surface area contributed by atoms with Crippen molar-refractivity contribution in [2.75, 3.05) is 25.5 Å². The zero-order valence-corrected chi connectivity index (χ0v) is 14.6. The van der Waals surface area contributed by atoms with Gasteiger partial charge in [0.25, 0.3) is 5.89 Å². The summed E-state index contributed by atoms with van der Waals surface area (Å²) in [6.07, 6.45) is 1.54. The zero-order valence-electron chi connectivity index (χ0n) is 14.6. The Morgan fingerprint density at radius 2 is 2.08 bits per heavy atom. The summed E-state index contributed by atoms with van der Waals surface area (Å²) in [7, 11) is 1.57. The summed E-state index contributed by atoms with van der Waals surface area (Å²) in [6, 6.07) is 10.8. The largest absolute Gasteiger partial charge is 0.495 e. The maximum absolute atomic E-state index is 12.3. The predicted molar refractivity (Wildman–Crippen MR) is 94.6 cm³/mol. The summed E-state index contributed by atoms with van der Waals surface area (Å²) in [6.45, 7) is 3.16. The fourth-order valence-corrected chi connectivity index (χ4v) is 2.43. The van der Waals surface area contributed by atoms with E-state index < -0.39 is 0 Å². The van der Waals surface area contributed by atoms with E-state index >= 15 is 0 Å². The van der Waals surface area contributed by atoms with E-state index in [4.69, 9.17) is 13.6 Å². The highest BCUT2D eigenvalue weighted by Gasteiger charge is 2.16. The number of carbonyl (C=O) groups is 1. The van der Waals surface area contributed by atoms with E-state index in [1.807, 2.05) is 24.0 Å². The van der Waals surface area contributed by atoms with Gasteiger partial charge in [-0.05, 0) is 30.8 Å². The molecule has 1 N–H and O–H groups in total. The van der Waals surface area contributed by atoms with E-state index in [-0.39, 0.29) is 12.5 Å². The molecule has 136 valence electrons. The third-order valence-electron chi connectivity index (χ3n) is 3.75. The van der Waals surface area contributed by atoms with Crippen molar-refractivity contribution in [3.8, 4) is 17.4 Å². The van der Waals surface area contributed by atoms with E-state index in [0.717, 1.165) is 0 Å². The van der Waals surface area contributed by atoms with Gasteiger partial charge in [0, 0.05) is 0 Å². The quantitative estimate of drug-likeness (QED) is 0.663. The highest BCUT2D eigenvalue weighted by molar-refractivity contribution is 5.93. The number of rotatable bonds is 8. The Bertz CT molecular complexity index is 845. The highest BCUT2D eigenvalue weighted by Crippen LogP contribution is 2.23. The van der Waals surface area contributed by atoms with Crippen LogP contribution in [0.25, 0.3) is 11.7 Å². The molecule has 1 aromatic carbocycles. The molecule has 1 amide bonds. The molecule has 8 heteroatoms. The number of nitrogens with zero attached hydrogens (tertiary/aromatic N) is 3. The van der Waals surface area contributed by atoms with Crippen LogP contribution in [0.4, 0.5) is 5.69 Å². The lowest BCUT2D eigenvalue weighted by atomic mass is 10.3. The Kier molecular flexibility index (Phi) is 5.65. The fraction of sp³-hybridized carbons (Fsp3) is 0.278. The SMILES string of the molecule is CCN(CC(=O)Nc1ccccc1OC)Cc1nnc(-c2ccco2)o1. The van der Waals surface area contributed by atoms with E-state index in [2.05, 4.69) is 15.5 Å².